The van der Waals surface area contributed by atoms with Gasteiger partial charge in [0.25, 0.3) is 11.8 Å². The van der Waals surface area contributed by atoms with Gasteiger partial charge in [0.2, 0.25) is 0 Å². The minimum Gasteiger partial charge on any atom is -0.497 e. The summed E-state index contributed by atoms with van der Waals surface area (Å²) in [5.74, 6) is 1.37. The zero-order valence-corrected chi connectivity index (χ0v) is 22.9. The number of hydrogen-bond acceptors (Lipinski definition) is 6. The lowest BCUT2D eigenvalue weighted by molar-refractivity contribution is -0.00717. The Bertz CT molecular complexity index is 1170. The Morgan fingerprint density at radius 3 is 2.58 bits per heavy atom. The predicted octanol–water partition coefficient (Wildman–Crippen LogP) is 3.52. The Balaban J connectivity index is 1.24. The van der Waals surface area contributed by atoms with E-state index in [1.165, 1.54) is 11.1 Å². The first-order chi connectivity index (χ1) is 18.4. The van der Waals surface area contributed by atoms with Crippen molar-refractivity contribution in [3.8, 4) is 11.5 Å². The number of amides is 2. The van der Waals surface area contributed by atoms with Gasteiger partial charge in [-0.15, -0.1) is 0 Å². The van der Waals surface area contributed by atoms with E-state index in [1.807, 2.05) is 17.9 Å². The number of carbonyl (C=O) groups is 2. The average Bonchev–Trinajstić information content (AvgIpc) is 3.18. The maximum absolute atomic E-state index is 13.3. The third-order valence-corrected chi connectivity index (χ3v) is 8.32. The summed E-state index contributed by atoms with van der Waals surface area (Å²) in [5.41, 5.74) is 3.63. The minimum atomic E-state index is -0.186. The SMILES string of the molecule is CCOc1cc(C(=O)N2C3CCC2COC3)ccc1C(=O)NC[C@@H](C)[C@@H]1Cc2ccc(OC)cc2CN1C. The van der Waals surface area contributed by atoms with Crippen LogP contribution in [0.1, 0.15) is 58.5 Å². The molecule has 2 fully saturated rings. The van der Waals surface area contributed by atoms with Crippen LogP contribution in [0.15, 0.2) is 36.4 Å². The van der Waals surface area contributed by atoms with Crippen molar-refractivity contribution in [1.29, 1.82) is 0 Å². The number of ether oxygens (including phenoxy) is 3. The smallest absolute Gasteiger partial charge is 0.255 e. The summed E-state index contributed by atoms with van der Waals surface area (Å²) >= 11 is 0. The molecule has 5 rings (SSSR count). The van der Waals surface area contributed by atoms with Gasteiger partial charge in [-0.05, 0) is 80.6 Å². The second kappa shape index (κ2) is 11.3. The summed E-state index contributed by atoms with van der Waals surface area (Å²) < 4.78 is 16.8. The maximum Gasteiger partial charge on any atom is 0.255 e. The average molecular weight is 522 g/mol. The van der Waals surface area contributed by atoms with Crippen LogP contribution in [0.3, 0.4) is 0 Å². The van der Waals surface area contributed by atoms with Gasteiger partial charge < -0.3 is 24.4 Å². The molecule has 2 bridgehead atoms. The van der Waals surface area contributed by atoms with Crippen LogP contribution in [0.25, 0.3) is 0 Å². The minimum absolute atomic E-state index is 0.0134. The van der Waals surface area contributed by atoms with Crippen molar-refractivity contribution < 1.29 is 23.8 Å². The number of morpholine rings is 1. The normalized spacial score (nSPS) is 23.5. The van der Waals surface area contributed by atoms with E-state index >= 15 is 0 Å². The fourth-order valence-electron chi connectivity index (χ4n) is 6.19. The highest BCUT2D eigenvalue weighted by molar-refractivity contribution is 6.00. The van der Waals surface area contributed by atoms with E-state index in [1.54, 1.807) is 25.3 Å². The van der Waals surface area contributed by atoms with Crippen molar-refractivity contribution in [1.82, 2.24) is 15.1 Å². The van der Waals surface area contributed by atoms with E-state index in [0.29, 0.717) is 49.3 Å². The molecule has 204 valence electrons. The summed E-state index contributed by atoms with van der Waals surface area (Å²) in [5, 5.41) is 3.12. The molecule has 2 saturated heterocycles. The summed E-state index contributed by atoms with van der Waals surface area (Å²) in [4.78, 5) is 30.9. The molecule has 8 nitrogen and oxygen atoms in total. The van der Waals surface area contributed by atoms with Crippen LogP contribution >= 0.6 is 0 Å². The van der Waals surface area contributed by atoms with Crippen LogP contribution in [0.4, 0.5) is 0 Å². The molecule has 0 saturated carbocycles. The molecule has 2 amide bonds. The Morgan fingerprint density at radius 2 is 1.87 bits per heavy atom. The van der Waals surface area contributed by atoms with Crippen LogP contribution in [-0.4, -0.2) is 80.3 Å². The number of benzene rings is 2. The van der Waals surface area contributed by atoms with Gasteiger partial charge in [0.15, 0.2) is 0 Å². The number of hydrogen-bond donors (Lipinski definition) is 1. The van der Waals surface area contributed by atoms with E-state index < -0.39 is 0 Å². The van der Waals surface area contributed by atoms with Crippen molar-refractivity contribution in [3.05, 3.63) is 58.7 Å². The van der Waals surface area contributed by atoms with Crippen LogP contribution in [0.2, 0.25) is 0 Å². The molecular formula is C30H39N3O5. The van der Waals surface area contributed by atoms with Crippen LogP contribution in [0, 0.1) is 5.92 Å². The zero-order valence-electron chi connectivity index (χ0n) is 22.9. The van der Waals surface area contributed by atoms with Gasteiger partial charge in [-0.25, -0.2) is 0 Å². The van der Waals surface area contributed by atoms with Crippen LogP contribution in [0.5, 0.6) is 11.5 Å². The van der Waals surface area contributed by atoms with E-state index in [0.717, 1.165) is 31.6 Å². The Labute approximate surface area is 225 Å². The topological polar surface area (TPSA) is 80.3 Å². The Kier molecular flexibility index (Phi) is 7.91. The molecule has 38 heavy (non-hydrogen) atoms. The van der Waals surface area contributed by atoms with Crippen molar-refractivity contribution in [2.45, 2.75) is 57.8 Å². The summed E-state index contributed by atoms with van der Waals surface area (Å²) in [6, 6.07) is 12.0. The molecule has 3 aliphatic heterocycles. The molecule has 4 atom stereocenters. The largest absolute Gasteiger partial charge is 0.497 e. The number of fused-ring (bicyclic) bond motifs is 3. The standard InChI is InChI=1S/C30H39N3O5/c1-5-38-28-14-21(30(35)33-23-8-9-24(33)18-37-17-23)7-11-26(28)29(34)31-15-19(2)27-13-20-6-10-25(36-4)12-22(20)16-32(27)3/h6-7,10-12,14,19,23-24,27H,5,8-9,13,15-18H2,1-4H3,(H,31,34)/t19-,23?,24?,27+/m1/s1. The highest BCUT2D eigenvalue weighted by atomic mass is 16.5. The first-order valence-corrected chi connectivity index (χ1v) is 13.7. The van der Waals surface area contributed by atoms with Gasteiger partial charge in [-0.3, -0.25) is 14.5 Å². The third-order valence-electron chi connectivity index (χ3n) is 8.32. The van der Waals surface area contributed by atoms with Gasteiger partial charge >= 0.3 is 0 Å². The third kappa shape index (κ3) is 5.24. The first-order valence-electron chi connectivity index (χ1n) is 13.7. The van der Waals surface area contributed by atoms with Gasteiger partial charge in [0, 0.05) is 24.7 Å². The van der Waals surface area contributed by atoms with E-state index in [-0.39, 0.29) is 29.8 Å². The molecule has 0 radical (unpaired) electrons. The fourth-order valence-corrected chi connectivity index (χ4v) is 6.19. The van der Waals surface area contributed by atoms with Crippen molar-refractivity contribution in [3.63, 3.8) is 0 Å². The number of nitrogens with zero attached hydrogens (tertiary/aromatic N) is 2. The highest BCUT2D eigenvalue weighted by Crippen LogP contribution is 2.32. The second-order valence-electron chi connectivity index (χ2n) is 10.8. The molecule has 3 heterocycles. The molecule has 0 aromatic heterocycles. The molecule has 2 unspecified atom stereocenters. The van der Waals surface area contributed by atoms with E-state index in [4.69, 9.17) is 14.2 Å². The lowest BCUT2D eigenvalue weighted by atomic mass is 9.87. The van der Waals surface area contributed by atoms with Crippen LogP contribution in [-0.2, 0) is 17.7 Å². The predicted molar refractivity (Wildman–Crippen MR) is 145 cm³/mol. The molecular weight excluding hydrogens is 482 g/mol. The van der Waals surface area contributed by atoms with Crippen LogP contribution < -0.4 is 14.8 Å². The fraction of sp³-hybridized carbons (Fsp3) is 0.533. The van der Waals surface area contributed by atoms with Gasteiger partial charge in [0.05, 0.1) is 44.6 Å². The summed E-state index contributed by atoms with van der Waals surface area (Å²) in [6.45, 7) is 7.05. The number of carbonyl (C=O) groups excluding carboxylic acids is 2. The van der Waals surface area contributed by atoms with Gasteiger partial charge in [0.1, 0.15) is 11.5 Å². The van der Waals surface area contributed by atoms with E-state index in [2.05, 4.69) is 36.3 Å². The van der Waals surface area contributed by atoms with Crippen molar-refractivity contribution >= 4 is 11.8 Å². The highest BCUT2D eigenvalue weighted by Gasteiger charge is 2.40. The lowest BCUT2D eigenvalue weighted by Crippen LogP contribution is -2.49. The van der Waals surface area contributed by atoms with E-state index in [9.17, 15) is 9.59 Å². The number of methoxy groups -OCH3 is 1. The summed E-state index contributed by atoms with van der Waals surface area (Å²) in [6.07, 6.45) is 2.88. The number of nitrogens with one attached hydrogen (secondary N) is 1. The molecule has 3 aliphatic rings. The molecule has 2 aromatic rings. The maximum atomic E-state index is 13.3. The van der Waals surface area contributed by atoms with Gasteiger partial charge in [-0.1, -0.05) is 13.0 Å². The lowest BCUT2D eigenvalue weighted by Gasteiger charge is -2.38. The second-order valence-corrected chi connectivity index (χ2v) is 10.8. The number of likely N-dealkylation sites (N-methyl/N-ethyl adjacent to an activating group) is 1. The van der Waals surface area contributed by atoms with Crippen molar-refractivity contribution in [2.24, 2.45) is 5.92 Å². The molecule has 0 aliphatic carbocycles. The number of rotatable bonds is 8. The van der Waals surface area contributed by atoms with Gasteiger partial charge in [-0.2, -0.15) is 0 Å². The molecule has 1 N–H and O–H groups in total. The monoisotopic (exact) mass is 521 g/mol. The Morgan fingerprint density at radius 1 is 1.11 bits per heavy atom. The van der Waals surface area contributed by atoms with Crippen molar-refractivity contribution in [2.75, 3.05) is 40.5 Å². The molecule has 8 heteroatoms. The zero-order chi connectivity index (χ0) is 26.8. The molecule has 2 aromatic carbocycles. The molecule has 0 spiro atoms. The quantitative estimate of drug-likeness (QED) is 0.573. The first kappa shape index (κ1) is 26.5. The summed E-state index contributed by atoms with van der Waals surface area (Å²) in [7, 11) is 3.83. The Hall–Kier alpha value is -3.10.